The van der Waals surface area contributed by atoms with Gasteiger partial charge in [0.05, 0.1) is 29.6 Å². The van der Waals surface area contributed by atoms with Crippen LogP contribution in [0.25, 0.3) is 10.9 Å². The third-order valence-corrected chi connectivity index (χ3v) is 4.38. The van der Waals surface area contributed by atoms with Crippen molar-refractivity contribution in [2.75, 3.05) is 7.11 Å². The average molecular weight is 316 g/mol. The molecular formula is C17H20N2O4. The summed E-state index contributed by atoms with van der Waals surface area (Å²) in [6.45, 7) is 2.01. The lowest BCUT2D eigenvalue weighted by atomic mass is 10.0. The van der Waals surface area contributed by atoms with E-state index in [-0.39, 0.29) is 11.8 Å². The Balaban J connectivity index is 2.26. The van der Waals surface area contributed by atoms with Crippen molar-refractivity contribution in [2.24, 2.45) is 0 Å². The van der Waals surface area contributed by atoms with Crippen LogP contribution >= 0.6 is 0 Å². The molecule has 1 fully saturated rings. The van der Waals surface area contributed by atoms with Gasteiger partial charge in [-0.05, 0) is 43.7 Å². The molecule has 1 saturated carbocycles. The summed E-state index contributed by atoms with van der Waals surface area (Å²) in [6, 6.07) is 3.30. The minimum Gasteiger partial charge on any atom is -0.493 e. The van der Waals surface area contributed by atoms with Crippen LogP contribution in [0.2, 0.25) is 0 Å². The second-order valence-electron chi connectivity index (χ2n) is 5.76. The molecule has 0 amide bonds. The number of rotatable bonds is 5. The zero-order chi connectivity index (χ0) is 16.4. The van der Waals surface area contributed by atoms with Gasteiger partial charge in [0.15, 0.2) is 17.0 Å². The van der Waals surface area contributed by atoms with Crippen molar-refractivity contribution in [3.63, 3.8) is 0 Å². The highest BCUT2D eigenvalue weighted by atomic mass is 16.6. The van der Waals surface area contributed by atoms with Crippen LogP contribution in [0.1, 0.15) is 38.2 Å². The molecule has 122 valence electrons. The largest absolute Gasteiger partial charge is 0.493 e. The first kappa shape index (κ1) is 15.5. The molecule has 0 aliphatic heterocycles. The summed E-state index contributed by atoms with van der Waals surface area (Å²) >= 11 is 0. The van der Waals surface area contributed by atoms with Crippen LogP contribution in [0, 0.1) is 10.1 Å². The van der Waals surface area contributed by atoms with Gasteiger partial charge < -0.3 is 9.47 Å². The van der Waals surface area contributed by atoms with Crippen LogP contribution in [-0.4, -0.2) is 23.1 Å². The van der Waals surface area contributed by atoms with E-state index in [1.54, 1.807) is 6.20 Å². The van der Waals surface area contributed by atoms with Crippen LogP contribution in [0.5, 0.6) is 11.5 Å². The SMILES string of the molecule is CCc1ccnc2c([N+](=O)[O-])cc(OC)c(OC3CCCC3)c12. The second-order valence-corrected chi connectivity index (χ2v) is 5.76. The molecule has 0 atom stereocenters. The summed E-state index contributed by atoms with van der Waals surface area (Å²) in [4.78, 5) is 15.2. The molecule has 0 unspecified atom stereocenters. The molecule has 1 aromatic heterocycles. The van der Waals surface area contributed by atoms with Crippen molar-refractivity contribution >= 4 is 16.6 Å². The van der Waals surface area contributed by atoms with E-state index in [2.05, 4.69) is 4.98 Å². The quantitative estimate of drug-likeness (QED) is 0.615. The Morgan fingerprint density at radius 1 is 1.39 bits per heavy atom. The Kier molecular flexibility index (Phi) is 4.32. The van der Waals surface area contributed by atoms with Crippen molar-refractivity contribution in [1.29, 1.82) is 0 Å². The van der Waals surface area contributed by atoms with Crippen molar-refractivity contribution in [1.82, 2.24) is 4.98 Å². The number of nitrogens with zero attached hydrogens (tertiary/aromatic N) is 2. The number of ether oxygens (including phenoxy) is 2. The molecule has 6 heteroatoms. The Labute approximate surface area is 134 Å². The third kappa shape index (κ3) is 2.81. The Hall–Kier alpha value is -2.37. The number of non-ortho nitro benzene ring substituents is 1. The number of aromatic nitrogens is 1. The summed E-state index contributed by atoms with van der Waals surface area (Å²) in [7, 11) is 1.51. The molecule has 0 saturated heterocycles. The van der Waals surface area contributed by atoms with Gasteiger partial charge in [0.2, 0.25) is 0 Å². The molecule has 1 heterocycles. The van der Waals surface area contributed by atoms with E-state index in [0.717, 1.165) is 37.7 Å². The van der Waals surface area contributed by atoms with E-state index in [0.29, 0.717) is 22.4 Å². The van der Waals surface area contributed by atoms with Crippen molar-refractivity contribution < 1.29 is 14.4 Å². The number of fused-ring (bicyclic) bond motifs is 1. The van der Waals surface area contributed by atoms with Crippen molar-refractivity contribution in [3.8, 4) is 11.5 Å². The van der Waals surface area contributed by atoms with E-state index in [1.165, 1.54) is 13.2 Å². The van der Waals surface area contributed by atoms with Crippen LogP contribution < -0.4 is 9.47 Å². The average Bonchev–Trinajstić information content (AvgIpc) is 3.07. The van der Waals surface area contributed by atoms with E-state index in [4.69, 9.17) is 9.47 Å². The summed E-state index contributed by atoms with van der Waals surface area (Å²) < 4.78 is 11.6. The highest BCUT2D eigenvalue weighted by molar-refractivity contribution is 5.97. The predicted molar refractivity (Wildman–Crippen MR) is 87.2 cm³/mol. The van der Waals surface area contributed by atoms with Crippen LogP contribution in [-0.2, 0) is 6.42 Å². The lowest BCUT2D eigenvalue weighted by molar-refractivity contribution is -0.383. The lowest BCUT2D eigenvalue weighted by Gasteiger charge is -2.19. The van der Waals surface area contributed by atoms with Gasteiger partial charge in [-0.25, -0.2) is 4.98 Å². The molecular weight excluding hydrogens is 296 g/mol. The van der Waals surface area contributed by atoms with Gasteiger partial charge in [0.1, 0.15) is 0 Å². The van der Waals surface area contributed by atoms with E-state index < -0.39 is 4.92 Å². The monoisotopic (exact) mass is 316 g/mol. The minimum absolute atomic E-state index is 0.0501. The van der Waals surface area contributed by atoms with Gasteiger partial charge in [-0.15, -0.1) is 0 Å². The molecule has 3 rings (SSSR count). The molecule has 1 aliphatic rings. The number of nitro groups is 1. The molecule has 0 bridgehead atoms. The lowest BCUT2D eigenvalue weighted by Crippen LogP contribution is -2.12. The van der Waals surface area contributed by atoms with Gasteiger partial charge >= 0.3 is 0 Å². The van der Waals surface area contributed by atoms with Crippen molar-refractivity contribution in [2.45, 2.75) is 45.1 Å². The van der Waals surface area contributed by atoms with Gasteiger partial charge in [-0.1, -0.05) is 6.92 Å². The number of aryl methyl sites for hydroxylation is 1. The number of hydrogen-bond acceptors (Lipinski definition) is 5. The smallest absolute Gasteiger partial charge is 0.299 e. The van der Waals surface area contributed by atoms with E-state index >= 15 is 0 Å². The first-order valence-electron chi connectivity index (χ1n) is 7.95. The zero-order valence-electron chi connectivity index (χ0n) is 13.4. The minimum atomic E-state index is -0.420. The maximum Gasteiger partial charge on any atom is 0.299 e. The predicted octanol–water partition coefficient (Wildman–Crippen LogP) is 4.04. The fraction of sp³-hybridized carbons (Fsp3) is 0.471. The molecule has 6 nitrogen and oxygen atoms in total. The summed E-state index contributed by atoms with van der Waals surface area (Å²) in [6.07, 6.45) is 6.79. The van der Waals surface area contributed by atoms with Gasteiger partial charge in [-0.2, -0.15) is 0 Å². The number of hydrogen-bond donors (Lipinski definition) is 0. The molecule has 0 N–H and O–H groups in total. The topological polar surface area (TPSA) is 74.5 Å². The Morgan fingerprint density at radius 3 is 2.74 bits per heavy atom. The summed E-state index contributed by atoms with van der Waals surface area (Å²) in [5, 5.41) is 12.1. The van der Waals surface area contributed by atoms with Crippen LogP contribution in [0.3, 0.4) is 0 Å². The normalized spacial score (nSPS) is 15.0. The first-order chi connectivity index (χ1) is 11.2. The highest BCUT2D eigenvalue weighted by Crippen LogP contribution is 2.43. The maximum atomic E-state index is 11.4. The Bertz CT molecular complexity index is 739. The highest BCUT2D eigenvalue weighted by Gasteiger charge is 2.26. The van der Waals surface area contributed by atoms with Gasteiger partial charge in [-0.3, -0.25) is 10.1 Å². The molecule has 0 radical (unpaired) electrons. The Morgan fingerprint density at radius 2 is 2.13 bits per heavy atom. The number of benzene rings is 1. The second kappa shape index (κ2) is 6.40. The number of pyridine rings is 1. The molecule has 0 spiro atoms. The molecule has 1 aliphatic carbocycles. The zero-order valence-corrected chi connectivity index (χ0v) is 13.4. The molecule has 1 aromatic carbocycles. The number of methoxy groups -OCH3 is 1. The fourth-order valence-corrected chi connectivity index (χ4v) is 3.21. The first-order valence-corrected chi connectivity index (χ1v) is 7.95. The van der Waals surface area contributed by atoms with E-state index in [9.17, 15) is 10.1 Å². The van der Waals surface area contributed by atoms with Gasteiger partial charge in [0, 0.05) is 6.20 Å². The maximum absolute atomic E-state index is 11.4. The standard InChI is InChI=1S/C17H20N2O4/c1-3-11-8-9-18-16-13(19(20)21)10-14(22-2)17(15(11)16)23-12-6-4-5-7-12/h8-10,12H,3-7H2,1-2H3. The van der Waals surface area contributed by atoms with Crippen LogP contribution in [0.4, 0.5) is 5.69 Å². The molecule has 23 heavy (non-hydrogen) atoms. The fourth-order valence-electron chi connectivity index (χ4n) is 3.21. The number of nitro benzene ring substituents is 1. The molecule has 2 aromatic rings. The van der Waals surface area contributed by atoms with Crippen LogP contribution in [0.15, 0.2) is 18.3 Å². The summed E-state index contributed by atoms with van der Waals surface area (Å²) in [5.41, 5.74) is 1.29. The van der Waals surface area contributed by atoms with Gasteiger partial charge in [0.25, 0.3) is 5.69 Å². The van der Waals surface area contributed by atoms with Crippen molar-refractivity contribution in [3.05, 3.63) is 34.0 Å². The van der Waals surface area contributed by atoms with E-state index in [1.807, 2.05) is 13.0 Å². The summed E-state index contributed by atoms with van der Waals surface area (Å²) in [5.74, 6) is 0.990. The third-order valence-electron chi connectivity index (χ3n) is 4.38.